The fourth-order valence-corrected chi connectivity index (χ4v) is 3.74. The molecule has 2 N–H and O–H groups in total. The Kier molecular flexibility index (Phi) is 8.27. The van der Waals surface area contributed by atoms with E-state index in [1.807, 2.05) is 30.3 Å². The van der Waals surface area contributed by atoms with Crippen LogP contribution in [0.15, 0.2) is 41.4 Å². The van der Waals surface area contributed by atoms with E-state index < -0.39 is 0 Å². The minimum Gasteiger partial charge on any atom is -0.493 e. The minimum absolute atomic E-state index is 0.262. The highest BCUT2D eigenvalue weighted by molar-refractivity contribution is 5.79. The molecule has 0 aliphatic heterocycles. The number of aliphatic imine (C=N–C) groups is 1. The Bertz CT molecular complexity index is 879. The van der Waals surface area contributed by atoms with Gasteiger partial charge in [0.25, 0.3) is 0 Å². The van der Waals surface area contributed by atoms with Crippen molar-refractivity contribution in [3.8, 4) is 23.0 Å². The zero-order chi connectivity index (χ0) is 22.1. The average Bonchev–Trinajstić information content (AvgIpc) is 3.32. The molecule has 0 amide bonds. The second-order valence-corrected chi connectivity index (χ2v) is 7.44. The maximum Gasteiger partial charge on any atom is 0.191 e. The molecule has 1 aliphatic rings. The summed E-state index contributed by atoms with van der Waals surface area (Å²) in [7, 11) is 6.70. The summed E-state index contributed by atoms with van der Waals surface area (Å²) in [6, 6.07) is 11.8. The molecule has 2 aromatic rings. The lowest BCUT2D eigenvalue weighted by atomic mass is 10.1. The maximum atomic E-state index is 6.32. The van der Waals surface area contributed by atoms with Crippen molar-refractivity contribution in [1.29, 1.82) is 0 Å². The van der Waals surface area contributed by atoms with Crippen LogP contribution in [0.5, 0.6) is 23.0 Å². The lowest BCUT2D eigenvalue weighted by molar-refractivity contribution is 0.198. The van der Waals surface area contributed by atoms with Gasteiger partial charge in [-0.2, -0.15) is 0 Å². The highest BCUT2D eigenvalue weighted by Gasteiger charge is 2.20. The molecule has 7 heteroatoms. The number of methoxy groups -OCH3 is 3. The van der Waals surface area contributed by atoms with Gasteiger partial charge in [0.2, 0.25) is 0 Å². The monoisotopic (exact) mass is 427 g/mol. The van der Waals surface area contributed by atoms with Gasteiger partial charge in [-0.25, -0.2) is 0 Å². The van der Waals surface area contributed by atoms with Gasteiger partial charge in [0.15, 0.2) is 29.0 Å². The summed E-state index contributed by atoms with van der Waals surface area (Å²) in [6.45, 7) is 1.18. The third kappa shape index (κ3) is 5.96. The van der Waals surface area contributed by atoms with Crippen molar-refractivity contribution >= 4 is 5.96 Å². The Morgan fingerprint density at radius 3 is 2.29 bits per heavy atom. The van der Waals surface area contributed by atoms with Crippen molar-refractivity contribution in [1.82, 2.24) is 10.6 Å². The number of hydrogen-bond acceptors (Lipinski definition) is 5. The predicted octanol–water partition coefficient (Wildman–Crippen LogP) is 3.90. The van der Waals surface area contributed by atoms with Gasteiger partial charge in [-0.05, 0) is 49.4 Å². The Balaban J connectivity index is 1.63. The van der Waals surface area contributed by atoms with E-state index in [1.165, 1.54) is 12.8 Å². The normalized spacial score (nSPS) is 14.3. The topological polar surface area (TPSA) is 73.3 Å². The van der Waals surface area contributed by atoms with Crippen LogP contribution in [-0.2, 0) is 13.1 Å². The Labute approximate surface area is 184 Å². The summed E-state index contributed by atoms with van der Waals surface area (Å²) in [6.07, 6.45) is 4.90. The van der Waals surface area contributed by atoms with Crippen molar-refractivity contribution in [3.63, 3.8) is 0 Å². The number of para-hydroxylation sites is 1. The SMILES string of the molecule is CN=C(NCc1ccc(OC)c(OC)c1)NCc1cccc(OC)c1OC1CCCC1. The summed E-state index contributed by atoms with van der Waals surface area (Å²) in [4.78, 5) is 4.34. The molecule has 7 nitrogen and oxygen atoms in total. The molecule has 0 heterocycles. The van der Waals surface area contributed by atoms with Crippen LogP contribution in [0.1, 0.15) is 36.8 Å². The molecule has 0 radical (unpaired) electrons. The molecule has 3 rings (SSSR count). The van der Waals surface area contributed by atoms with E-state index >= 15 is 0 Å². The van der Waals surface area contributed by atoms with Crippen LogP contribution >= 0.6 is 0 Å². The fourth-order valence-electron chi connectivity index (χ4n) is 3.74. The Hall–Kier alpha value is -3.09. The molecule has 1 saturated carbocycles. The van der Waals surface area contributed by atoms with Gasteiger partial charge >= 0.3 is 0 Å². The molecular formula is C24H33N3O4. The van der Waals surface area contributed by atoms with Gasteiger partial charge in [0, 0.05) is 25.7 Å². The van der Waals surface area contributed by atoms with Gasteiger partial charge in [-0.3, -0.25) is 4.99 Å². The van der Waals surface area contributed by atoms with Crippen LogP contribution in [0.2, 0.25) is 0 Å². The van der Waals surface area contributed by atoms with Crippen molar-refractivity contribution in [3.05, 3.63) is 47.5 Å². The lowest BCUT2D eigenvalue weighted by Gasteiger charge is -2.20. The van der Waals surface area contributed by atoms with Crippen LogP contribution in [0.4, 0.5) is 0 Å². The van der Waals surface area contributed by atoms with Crippen molar-refractivity contribution < 1.29 is 18.9 Å². The van der Waals surface area contributed by atoms with Crippen molar-refractivity contribution in [2.75, 3.05) is 28.4 Å². The molecule has 0 bridgehead atoms. The first-order chi connectivity index (χ1) is 15.2. The minimum atomic E-state index is 0.262. The van der Waals surface area contributed by atoms with Crippen molar-refractivity contribution in [2.24, 2.45) is 4.99 Å². The van der Waals surface area contributed by atoms with E-state index in [1.54, 1.807) is 28.4 Å². The molecule has 0 atom stereocenters. The van der Waals surface area contributed by atoms with Crippen LogP contribution in [0.3, 0.4) is 0 Å². The van der Waals surface area contributed by atoms with Crippen molar-refractivity contribution in [2.45, 2.75) is 44.9 Å². The number of rotatable bonds is 9. The summed E-state index contributed by atoms with van der Waals surface area (Å²) in [5.41, 5.74) is 2.10. The number of ether oxygens (including phenoxy) is 4. The molecule has 0 spiro atoms. The second kappa shape index (κ2) is 11.3. The summed E-state index contributed by atoms with van der Waals surface area (Å²) < 4.78 is 22.6. The summed E-state index contributed by atoms with van der Waals surface area (Å²) >= 11 is 0. The van der Waals surface area contributed by atoms with E-state index in [-0.39, 0.29) is 6.10 Å². The molecule has 1 fully saturated rings. The lowest BCUT2D eigenvalue weighted by Crippen LogP contribution is -2.36. The molecule has 31 heavy (non-hydrogen) atoms. The number of hydrogen-bond donors (Lipinski definition) is 2. The summed E-state index contributed by atoms with van der Waals surface area (Å²) in [5.74, 6) is 3.69. The average molecular weight is 428 g/mol. The number of nitrogens with zero attached hydrogens (tertiary/aromatic N) is 1. The standard InChI is InChI=1S/C24H33N3O4/c1-25-24(26-15-17-12-13-20(28-2)22(14-17)30-4)27-16-18-8-7-11-21(29-3)23(18)31-19-9-5-6-10-19/h7-8,11-14,19H,5-6,9-10,15-16H2,1-4H3,(H2,25,26,27). The smallest absolute Gasteiger partial charge is 0.191 e. The first kappa shape index (κ1) is 22.6. The Morgan fingerprint density at radius 1 is 0.903 bits per heavy atom. The third-order valence-electron chi connectivity index (χ3n) is 5.44. The number of benzene rings is 2. The van der Waals surface area contributed by atoms with Gasteiger partial charge < -0.3 is 29.6 Å². The highest BCUT2D eigenvalue weighted by atomic mass is 16.5. The van der Waals surface area contributed by atoms with Crippen LogP contribution < -0.4 is 29.6 Å². The maximum absolute atomic E-state index is 6.32. The molecule has 0 saturated heterocycles. The second-order valence-electron chi connectivity index (χ2n) is 7.44. The van der Waals surface area contributed by atoms with Gasteiger partial charge in [0.05, 0.1) is 27.4 Å². The Morgan fingerprint density at radius 2 is 1.61 bits per heavy atom. The van der Waals surface area contributed by atoms with Gasteiger partial charge in [0.1, 0.15) is 0 Å². The molecule has 1 aliphatic carbocycles. The zero-order valence-electron chi connectivity index (χ0n) is 18.9. The van der Waals surface area contributed by atoms with E-state index in [0.29, 0.717) is 30.5 Å². The predicted molar refractivity (Wildman–Crippen MR) is 122 cm³/mol. The molecule has 0 unspecified atom stereocenters. The fraction of sp³-hybridized carbons (Fsp3) is 0.458. The van der Waals surface area contributed by atoms with E-state index in [0.717, 1.165) is 35.5 Å². The van der Waals surface area contributed by atoms with Crippen LogP contribution in [-0.4, -0.2) is 40.4 Å². The van der Waals surface area contributed by atoms with E-state index in [9.17, 15) is 0 Å². The third-order valence-corrected chi connectivity index (χ3v) is 5.44. The molecule has 168 valence electrons. The van der Waals surface area contributed by atoms with Gasteiger partial charge in [-0.15, -0.1) is 0 Å². The van der Waals surface area contributed by atoms with Crippen LogP contribution in [0, 0.1) is 0 Å². The number of nitrogens with one attached hydrogen (secondary N) is 2. The first-order valence-electron chi connectivity index (χ1n) is 10.7. The van der Waals surface area contributed by atoms with E-state index in [4.69, 9.17) is 18.9 Å². The molecule has 2 aromatic carbocycles. The van der Waals surface area contributed by atoms with Crippen LogP contribution in [0.25, 0.3) is 0 Å². The highest BCUT2D eigenvalue weighted by Crippen LogP contribution is 2.34. The molecule has 0 aromatic heterocycles. The van der Waals surface area contributed by atoms with E-state index in [2.05, 4.69) is 21.7 Å². The number of guanidine groups is 1. The quantitative estimate of drug-likeness (QED) is 0.467. The van der Waals surface area contributed by atoms with Gasteiger partial charge in [-0.1, -0.05) is 18.2 Å². The summed E-state index contributed by atoms with van der Waals surface area (Å²) in [5, 5.41) is 6.71. The zero-order valence-corrected chi connectivity index (χ0v) is 18.9. The first-order valence-corrected chi connectivity index (χ1v) is 10.7. The largest absolute Gasteiger partial charge is 0.493 e. The molecular weight excluding hydrogens is 394 g/mol.